The second kappa shape index (κ2) is 6.34. The van der Waals surface area contributed by atoms with Gasteiger partial charge in [0, 0.05) is 25.2 Å². The van der Waals surface area contributed by atoms with E-state index in [1.165, 1.54) is 0 Å². The minimum atomic E-state index is 0.363. The molecule has 2 aliphatic heterocycles. The number of aromatic nitrogens is 2. The predicted octanol–water partition coefficient (Wildman–Crippen LogP) is 1.14. The Balaban J connectivity index is 1.66. The average Bonchev–Trinajstić information content (AvgIpc) is 2.98. The molecule has 2 saturated heterocycles. The lowest BCUT2D eigenvalue weighted by atomic mass is 10.0. The second-order valence-corrected chi connectivity index (χ2v) is 6.20. The minimum absolute atomic E-state index is 0.363. The van der Waals surface area contributed by atoms with E-state index in [-0.39, 0.29) is 0 Å². The van der Waals surface area contributed by atoms with Gasteiger partial charge in [0.1, 0.15) is 5.02 Å². The first-order valence-corrected chi connectivity index (χ1v) is 7.86. The lowest BCUT2D eigenvalue weighted by Crippen LogP contribution is -2.46. The third-order valence-electron chi connectivity index (χ3n) is 4.44. The summed E-state index contributed by atoms with van der Waals surface area (Å²) in [5.74, 6) is 0.778. The molecule has 0 spiro atoms. The van der Waals surface area contributed by atoms with E-state index in [1.807, 2.05) is 0 Å². The summed E-state index contributed by atoms with van der Waals surface area (Å²) in [6.45, 7) is 4.11. The van der Waals surface area contributed by atoms with Crippen LogP contribution in [0.25, 0.3) is 0 Å². The highest BCUT2D eigenvalue weighted by atomic mass is 35.5. The summed E-state index contributed by atoms with van der Waals surface area (Å²) >= 11 is 6.23. The standard InChI is InChI=1S/C14H22ClN5O/c1-21-14-17-8-12(15)13(18-14)20-7-4-11(9-20)19-5-2-10(16)3-6-19/h8,10-11H,2-7,9,16H2,1H3. The van der Waals surface area contributed by atoms with Crippen molar-refractivity contribution in [3.63, 3.8) is 0 Å². The third kappa shape index (κ3) is 3.22. The second-order valence-electron chi connectivity index (χ2n) is 5.79. The van der Waals surface area contributed by atoms with E-state index >= 15 is 0 Å². The van der Waals surface area contributed by atoms with Crippen LogP contribution < -0.4 is 15.4 Å². The zero-order valence-corrected chi connectivity index (χ0v) is 13.1. The van der Waals surface area contributed by atoms with Crippen LogP contribution in [0, 0.1) is 0 Å². The van der Waals surface area contributed by atoms with Crippen molar-refractivity contribution in [1.82, 2.24) is 14.9 Å². The van der Waals surface area contributed by atoms with Gasteiger partial charge in [-0.25, -0.2) is 4.98 Å². The van der Waals surface area contributed by atoms with E-state index in [0.29, 0.717) is 23.1 Å². The largest absolute Gasteiger partial charge is 0.467 e. The van der Waals surface area contributed by atoms with E-state index in [2.05, 4.69) is 19.8 Å². The van der Waals surface area contributed by atoms with Crippen LogP contribution in [0.2, 0.25) is 5.02 Å². The molecule has 1 atom stereocenters. The van der Waals surface area contributed by atoms with Crippen molar-refractivity contribution >= 4 is 17.4 Å². The summed E-state index contributed by atoms with van der Waals surface area (Å²) in [7, 11) is 1.57. The number of piperidine rings is 1. The molecule has 1 unspecified atom stereocenters. The number of ether oxygens (including phenoxy) is 1. The summed E-state index contributed by atoms with van der Waals surface area (Å²) < 4.78 is 5.09. The number of methoxy groups -OCH3 is 1. The van der Waals surface area contributed by atoms with Gasteiger partial charge in [-0.2, -0.15) is 4.98 Å². The van der Waals surface area contributed by atoms with Crippen molar-refractivity contribution < 1.29 is 4.74 Å². The fourth-order valence-corrected chi connectivity index (χ4v) is 3.39. The van der Waals surface area contributed by atoms with Gasteiger partial charge in [-0.1, -0.05) is 11.6 Å². The maximum atomic E-state index is 6.23. The maximum absolute atomic E-state index is 6.23. The summed E-state index contributed by atoms with van der Waals surface area (Å²) in [6, 6.07) is 1.30. The molecule has 7 heteroatoms. The highest BCUT2D eigenvalue weighted by Crippen LogP contribution is 2.29. The molecule has 21 heavy (non-hydrogen) atoms. The molecule has 6 nitrogen and oxygen atoms in total. The molecule has 0 aliphatic carbocycles. The number of rotatable bonds is 3. The smallest absolute Gasteiger partial charge is 0.318 e. The Morgan fingerprint density at radius 2 is 2.05 bits per heavy atom. The van der Waals surface area contributed by atoms with Crippen molar-refractivity contribution in [2.75, 3.05) is 38.2 Å². The normalized spacial score (nSPS) is 24.5. The predicted molar refractivity (Wildman–Crippen MR) is 83.0 cm³/mol. The third-order valence-corrected chi connectivity index (χ3v) is 4.71. The molecule has 0 bridgehead atoms. The van der Waals surface area contributed by atoms with Crippen molar-refractivity contribution in [1.29, 1.82) is 0 Å². The van der Waals surface area contributed by atoms with Gasteiger partial charge in [0.25, 0.3) is 0 Å². The molecule has 0 saturated carbocycles. The fourth-order valence-electron chi connectivity index (χ4n) is 3.18. The van der Waals surface area contributed by atoms with E-state index < -0.39 is 0 Å². The lowest BCUT2D eigenvalue weighted by Gasteiger charge is -2.34. The van der Waals surface area contributed by atoms with E-state index in [0.717, 1.165) is 51.3 Å². The molecule has 2 fully saturated rings. The minimum Gasteiger partial charge on any atom is -0.467 e. The van der Waals surface area contributed by atoms with Gasteiger partial charge in [-0.15, -0.1) is 0 Å². The molecule has 0 aromatic carbocycles. The fraction of sp³-hybridized carbons (Fsp3) is 0.714. The summed E-state index contributed by atoms with van der Waals surface area (Å²) in [6.07, 6.45) is 4.94. The first-order chi connectivity index (χ1) is 10.2. The molecule has 0 radical (unpaired) electrons. The van der Waals surface area contributed by atoms with Crippen molar-refractivity contribution in [2.24, 2.45) is 5.73 Å². The number of hydrogen-bond donors (Lipinski definition) is 1. The molecule has 2 N–H and O–H groups in total. The molecule has 1 aromatic rings. The van der Waals surface area contributed by atoms with E-state index in [9.17, 15) is 0 Å². The molecule has 3 heterocycles. The first kappa shape index (κ1) is 14.8. The first-order valence-electron chi connectivity index (χ1n) is 7.48. The average molecular weight is 312 g/mol. The van der Waals surface area contributed by atoms with Crippen LogP contribution >= 0.6 is 11.6 Å². The van der Waals surface area contributed by atoms with Crippen molar-refractivity contribution in [2.45, 2.75) is 31.3 Å². The van der Waals surface area contributed by atoms with E-state index in [1.54, 1.807) is 13.3 Å². The van der Waals surface area contributed by atoms with Crippen LogP contribution in [0.5, 0.6) is 6.01 Å². The van der Waals surface area contributed by atoms with E-state index in [4.69, 9.17) is 22.1 Å². The summed E-state index contributed by atoms with van der Waals surface area (Å²) in [5, 5.41) is 0.581. The van der Waals surface area contributed by atoms with Crippen LogP contribution in [0.1, 0.15) is 19.3 Å². The van der Waals surface area contributed by atoms with Gasteiger partial charge in [0.2, 0.25) is 0 Å². The van der Waals surface area contributed by atoms with Crippen molar-refractivity contribution in [3.05, 3.63) is 11.2 Å². The van der Waals surface area contributed by atoms with Crippen LogP contribution in [0.4, 0.5) is 5.82 Å². The Labute approximate surface area is 130 Å². The Morgan fingerprint density at radius 3 is 2.76 bits per heavy atom. The lowest BCUT2D eigenvalue weighted by molar-refractivity contribution is 0.163. The van der Waals surface area contributed by atoms with Crippen LogP contribution in [0.3, 0.4) is 0 Å². The Bertz CT molecular complexity index is 492. The molecule has 1 aromatic heterocycles. The number of likely N-dealkylation sites (tertiary alicyclic amines) is 1. The van der Waals surface area contributed by atoms with Crippen LogP contribution in [0.15, 0.2) is 6.20 Å². The number of nitrogens with zero attached hydrogens (tertiary/aromatic N) is 4. The molecule has 3 rings (SSSR count). The SMILES string of the molecule is COc1ncc(Cl)c(N2CCC(N3CCC(N)CC3)C2)n1. The highest BCUT2D eigenvalue weighted by molar-refractivity contribution is 6.32. The molecule has 2 aliphatic rings. The van der Waals surface area contributed by atoms with Gasteiger partial charge in [0.15, 0.2) is 5.82 Å². The maximum Gasteiger partial charge on any atom is 0.318 e. The van der Waals surface area contributed by atoms with Gasteiger partial charge in [-0.3, -0.25) is 4.90 Å². The topological polar surface area (TPSA) is 67.5 Å². The van der Waals surface area contributed by atoms with Gasteiger partial charge < -0.3 is 15.4 Å². The van der Waals surface area contributed by atoms with Gasteiger partial charge >= 0.3 is 6.01 Å². The zero-order chi connectivity index (χ0) is 14.8. The highest BCUT2D eigenvalue weighted by Gasteiger charge is 2.31. The number of anilines is 1. The Morgan fingerprint density at radius 1 is 1.29 bits per heavy atom. The van der Waals surface area contributed by atoms with Gasteiger partial charge in [-0.05, 0) is 32.4 Å². The van der Waals surface area contributed by atoms with Crippen LogP contribution in [-0.4, -0.2) is 60.2 Å². The monoisotopic (exact) mass is 311 g/mol. The molecule has 116 valence electrons. The quantitative estimate of drug-likeness (QED) is 0.903. The molecular weight excluding hydrogens is 290 g/mol. The Kier molecular flexibility index (Phi) is 4.47. The van der Waals surface area contributed by atoms with Crippen LogP contribution in [-0.2, 0) is 0 Å². The summed E-state index contributed by atoms with van der Waals surface area (Å²) in [4.78, 5) is 13.2. The van der Waals surface area contributed by atoms with Gasteiger partial charge in [0.05, 0.1) is 13.3 Å². The summed E-state index contributed by atoms with van der Waals surface area (Å²) in [5.41, 5.74) is 5.98. The number of halogens is 1. The Hall–Kier alpha value is -1.11. The number of hydrogen-bond acceptors (Lipinski definition) is 6. The van der Waals surface area contributed by atoms with Crippen molar-refractivity contribution in [3.8, 4) is 6.01 Å². The number of nitrogens with two attached hydrogens (primary N) is 1. The molecular formula is C14H22ClN5O. The molecule has 0 amide bonds. The zero-order valence-electron chi connectivity index (χ0n) is 12.3.